The Balaban J connectivity index is 2.49. The number of ether oxygens (including phenoxy) is 1. The predicted octanol–water partition coefficient (Wildman–Crippen LogP) is 7.83. The van der Waals surface area contributed by atoms with Crippen molar-refractivity contribution in [3.05, 3.63) is 72.6 Å². The predicted molar refractivity (Wildman–Crippen MR) is 154 cm³/mol. The molecule has 0 fully saturated rings. The summed E-state index contributed by atoms with van der Waals surface area (Å²) in [6.45, 7) is 12.6. The molecule has 0 amide bonds. The minimum absolute atomic E-state index is 0.189. The van der Waals surface area contributed by atoms with Crippen LogP contribution >= 0.6 is 34.8 Å². The molecule has 0 aliphatic rings. The van der Waals surface area contributed by atoms with E-state index in [0.717, 1.165) is 10.4 Å². The minimum atomic E-state index is -2.84. The first-order valence-corrected chi connectivity index (χ1v) is 15.2. The van der Waals surface area contributed by atoms with Gasteiger partial charge in [0.05, 0.1) is 0 Å². The standard InChI is InChI=1S/C28H37Cl3FNO2Si/c1-20(2)17-18-24(32)25(35-26(33)28(29,30)31)21(3)19-34-36(27(4,5)6,22-13-9-7-10-14-22)23-15-11-8-12-16-23/h7-16,18,20-21,25,33H,17,19H2,1-6H3/b24-18-,33-26?/t21-,25+/m0/s1. The maximum atomic E-state index is 15.4. The van der Waals surface area contributed by atoms with Crippen LogP contribution in [0.4, 0.5) is 4.39 Å². The third-order valence-corrected chi connectivity index (χ3v) is 11.6. The van der Waals surface area contributed by atoms with Gasteiger partial charge in [-0.25, -0.2) is 4.39 Å². The third-order valence-electron chi connectivity index (χ3n) is 6.05. The molecule has 198 valence electrons. The van der Waals surface area contributed by atoms with Crippen LogP contribution in [0.5, 0.6) is 0 Å². The van der Waals surface area contributed by atoms with Gasteiger partial charge >= 0.3 is 0 Å². The van der Waals surface area contributed by atoms with E-state index in [4.69, 9.17) is 49.4 Å². The lowest BCUT2D eigenvalue weighted by Gasteiger charge is -2.44. The van der Waals surface area contributed by atoms with Crippen molar-refractivity contribution in [2.75, 3.05) is 6.61 Å². The molecule has 0 aliphatic heterocycles. The first kappa shape index (κ1) is 30.8. The smallest absolute Gasteiger partial charge is 0.265 e. The van der Waals surface area contributed by atoms with Gasteiger partial charge in [-0.2, -0.15) is 0 Å². The van der Waals surface area contributed by atoms with Gasteiger partial charge in [0.25, 0.3) is 12.1 Å². The highest BCUT2D eigenvalue weighted by molar-refractivity contribution is 6.99. The Hall–Kier alpha value is -1.37. The van der Waals surface area contributed by atoms with E-state index in [2.05, 4.69) is 45.0 Å². The minimum Gasteiger partial charge on any atom is -0.467 e. The average molecular weight is 573 g/mol. The largest absolute Gasteiger partial charge is 0.467 e. The second-order valence-electron chi connectivity index (χ2n) is 10.5. The second kappa shape index (κ2) is 12.9. The monoisotopic (exact) mass is 571 g/mol. The maximum absolute atomic E-state index is 15.4. The summed E-state index contributed by atoms with van der Waals surface area (Å²) < 4.78 is 25.9. The molecule has 8 heteroatoms. The molecule has 2 aromatic rings. The Morgan fingerprint density at radius 2 is 1.42 bits per heavy atom. The lowest BCUT2D eigenvalue weighted by atomic mass is 10.0. The highest BCUT2D eigenvalue weighted by Crippen LogP contribution is 2.38. The zero-order valence-corrected chi connectivity index (χ0v) is 25.1. The van der Waals surface area contributed by atoms with Gasteiger partial charge in [0.2, 0.25) is 5.90 Å². The summed E-state index contributed by atoms with van der Waals surface area (Å²) in [5, 5.41) is 10.1. The molecule has 0 unspecified atom stereocenters. The van der Waals surface area contributed by atoms with Crippen LogP contribution in [0.3, 0.4) is 0 Å². The lowest BCUT2D eigenvalue weighted by Crippen LogP contribution is -2.67. The van der Waals surface area contributed by atoms with E-state index in [-0.39, 0.29) is 17.6 Å². The van der Waals surface area contributed by atoms with Crippen molar-refractivity contribution in [1.82, 2.24) is 0 Å². The number of alkyl halides is 3. The van der Waals surface area contributed by atoms with Crippen molar-refractivity contribution in [3.8, 4) is 0 Å². The molecule has 0 aromatic heterocycles. The SMILES string of the molecule is CC(C)C/C=C(\F)[C@H](OC(=N)C(Cl)(Cl)Cl)[C@@H](C)CO[Si](c1ccccc1)(c1ccccc1)C(C)(C)C. The summed E-state index contributed by atoms with van der Waals surface area (Å²) in [6, 6.07) is 20.4. The molecule has 3 nitrogen and oxygen atoms in total. The average Bonchev–Trinajstić information content (AvgIpc) is 2.81. The molecule has 0 saturated carbocycles. The number of nitrogens with one attached hydrogen (secondary N) is 1. The number of benzene rings is 2. The molecule has 1 N–H and O–H groups in total. The topological polar surface area (TPSA) is 42.3 Å². The van der Waals surface area contributed by atoms with Crippen molar-refractivity contribution in [2.24, 2.45) is 11.8 Å². The first-order chi connectivity index (χ1) is 16.7. The van der Waals surface area contributed by atoms with Gasteiger partial charge in [0.15, 0.2) is 6.10 Å². The Labute approximate surface area is 231 Å². The number of hydrogen-bond donors (Lipinski definition) is 1. The maximum Gasteiger partial charge on any atom is 0.265 e. The number of allylic oxidation sites excluding steroid dienone is 1. The normalized spacial score (nSPS) is 15.0. The fourth-order valence-electron chi connectivity index (χ4n) is 4.21. The Morgan fingerprint density at radius 1 is 0.944 bits per heavy atom. The van der Waals surface area contributed by atoms with Gasteiger partial charge in [0, 0.05) is 12.5 Å². The zero-order valence-electron chi connectivity index (χ0n) is 21.8. The molecule has 2 atom stereocenters. The van der Waals surface area contributed by atoms with Crippen LogP contribution in [0, 0.1) is 17.2 Å². The van der Waals surface area contributed by atoms with Crippen molar-refractivity contribution in [1.29, 1.82) is 5.41 Å². The molecule has 2 aromatic carbocycles. The highest BCUT2D eigenvalue weighted by atomic mass is 35.6. The number of halogens is 4. The summed E-state index contributed by atoms with van der Waals surface area (Å²) in [5.41, 5.74) is 0. The van der Waals surface area contributed by atoms with Crippen molar-refractivity contribution in [3.63, 3.8) is 0 Å². The van der Waals surface area contributed by atoms with Crippen LogP contribution in [0.1, 0.15) is 48.0 Å². The van der Waals surface area contributed by atoms with Crippen molar-refractivity contribution < 1.29 is 13.6 Å². The van der Waals surface area contributed by atoms with E-state index in [1.165, 1.54) is 6.08 Å². The Morgan fingerprint density at radius 3 is 1.81 bits per heavy atom. The summed E-state index contributed by atoms with van der Waals surface area (Å²) in [4.78, 5) is 0. The van der Waals surface area contributed by atoms with Gasteiger partial charge < -0.3 is 9.16 Å². The molecular formula is C28H37Cl3FNO2Si. The molecule has 0 saturated heterocycles. The van der Waals surface area contributed by atoms with Gasteiger partial charge in [-0.15, -0.1) is 0 Å². The second-order valence-corrected chi connectivity index (χ2v) is 17.1. The summed E-state index contributed by atoms with van der Waals surface area (Å²) in [7, 11) is -2.84. The first-order valence-electron chi connectivity index (χ1n) is 12.1. The molecular weight excluding hydrogens is 536 g/mol. The van der Waals surface area contributed by atoms with E-state index in [0.29, 0.717) is 6.42 Å². The molecule has 0 bridgehead atoms. The van der Waals surface area contributed by atoms with E-state index in [9.17, 15) is 0 Å². The lowest BCUT2D eigenvalue weighted by molar-refractivity contribution is 0.0973. The van der Waals surface area contributed by atoms with Crippen LogP contribution in [0.25, 0.3) is 0 Å². The molecule has 0 radical (unpaired) electrons. The Bertz CT molecular complexity index is 965. The molecule has 0 aliphatic carbocycles. The number of hydrogen-bond acceptors (Lipinski definition) is 3. The molecule has 0 heterocycles. The van der Waals surface area contributed by atoms with Crippen LogP contribution in [0.15, 0.2) is 72.6 Å². The van der Waals surface area contributed by atoms with Gasteiger partial charge in [-0.1, -0.05) is 137 Å². The van der Waals surface area contributed by atoms with Crippen LogP contribution in [-0.4, -0.2) is 30.7 Å². The van der Waals surface area contributed by atoms with Crippen LogP contribution in [-0.2, 0) is 9.16 Å². The van der Waals surface area contributed by atoms with Crippen LogP contribution < -0.4 is 10.4 Å². The van der Waals surface area contributed by atoms with Crippen LogP contribution in [0.2, 0.25) is 5.04 Å². The van der Waals surface area contributed by atoms with Crippen molar-refractivity contribution in [2.45, 2.75) is 62.9 Å². The summed E-state index contributed by atoms with van der Waals surface area (Å²) in [6.07, 6.45) is 0.889. The quantitative estimate of drug-likeness (QED) is 0.136. The molecule has 0 spiro atoms. The van der Waals surface area contributed by atoms with Gasteiger partial charge in [-0.3, -0.25) is 5.41 Å². The fraction of sp³-hybridized carbons (Fsp3) is 0.464. The number of rotatable bonds is 10. The highest BCUT2D eigenvalue weighted by Gasteiger charge is 2.50. The Kier molecular flexibility index (Phi) is 11.1. The van der Waals surface area contributed by atoms with E-state index < -0.39 is 35.9 Å². The van der Waals surface area contributed by atoms with E-state index in [1.54, 1.807) is 0 Å². The molecule has 36 heavy (non-hydrogen) atoms. The summed E-state index contributed by atoms with van der Waals surface area (Å²) >= 11 is 17.5. The third kappa shape index (κ3) is 7.81. The van der Waals surface area contributed by atoms with E-state index >= 15 is 4.39 Å². The van der Waals surface area contributed by atoms with Crippen molar-refractivity contribution >= 4 is 59.4 Å². The molecule has 2 rings (SSSR count). The fourth-order valence-corrected chi connectivity index (χ4v) is 9.01. The summed E-state index contributed by atoms with van der Waals surface area (Å²) in [5.74, 6) is -1.33. The van der Waals surface area contributed by atoms with E-state index in [1.807, 2.05) is 57.2 Å². The van der Waals surface area contributed by atoms with Gasteiger partial charge in [0.1, 0.15) is 5.83 Å². The van der Waals surface area contributed by atoms with Gasteiger partial charge in [-0.05, 0) is 33.8 Å². The zero-order chi connectivity index (χ0) is 27.1.